The molecular formula is C14H22N4O. The predicted molar refractivity (Wildman–Crippen MR) is 74.8 cm³/mol. The van der Waals surface area contributed by atoms with Gasteiger partial charge in [-0.05, 0) is 39.8 Å². The van der Waals surface area contributed by atoms with Crippen molar-refractivity contribution in [2.45, 2.75) is 39.2 Å². The smallest absolute Gasteiger partial charge is 0.195 e. The van der Waals surface area contributed by atoms with Crippen molar-refractivity contribution < 1.29 is 4.42 Å². The largest absolute Gasteiger partial charge is 0.439 e. The SMILES string of the molecule is Cn1ccc(-c2cnc(CCCNC(C)(C)C)o2)n1. The van der Waals surface area contributed by atoms with E-state index in [9.17, 15) is 0 Å². The summed E-state index contributed by atoms with van der Waals surface area (Å²) in [6.07, 6.45) is 5.50. The molecule has 0 aliphatic rings. The van der Waals surface area contributed by atoms with Crippen LogP contribution in [0.1, 0.15) is 33.1 Å². The fraction of sp³-hybridized carbons (Fsp3) is 0.571. The van der Waals surface area contributed by atoms with Crippen LogP contribution in [0.15, 0.2) is 22.9 Å². The van der Waals surface area contributed by atoms with Crippen LogP contribution in [-0.4, -0.2) is 26.8 Å². The number of oxazole rings is 1. The quantitative estimate of drug-likeness (QED) is 0.841. The zero-order chi connectivity index (χ0) is 13.9. The molecule has 19 heavy (non-hydrogen) atoms. The first-order chi connectivity index (χ1) is 8.94. The molecule has 0 amide bonds. The molecule has 0 saturated carbocycles. The third-order valence-electron chi connectivity index (χ3n) is 2.74. The van der Waals surface area contributed by atoms with Crippen LogP contribution in [0, 0.1) is 0 Å². The van der Waals surface area contributed by atoms with E-state index in [4.69, 9.17) is 4.42 Å². The van der Waals surface area contributed by atoms with Gasteiger partial charge in [-0.3, -0.25) is 4.68 Å². The fourth-order valence-corrected chi connectivity index (χ4v) is 1.79. The molecule has 2 rings (SSSR count). The molecule has 0 aliphatic carbocycles. The maximum atomic E-state index is 5.70. The van der Waals surface area contributed by atoms with Crippen LogP contribution in [0.2, 0.25) is 0 Å². The van der Waals surface area contributed by atoms with Crippen molar-refractivity contribution in [2.75, 3.05) is 6.54 Å². The average molecular weight is 262 g/mol. The molecule has 0 radical (unpaired) electrons. The lowest BCUT2D eigenvalue weighted by Crippen LogP contribution is -2.36. The molecular weight excluding hydrogens is 240 g/mol. The van der Waals surface area contributed by atoms with Crippen LogP contribution in [-0.2, 0) is 13.5 Å². The zero-order valence-corrected chi connectivity index (χ0v) is 12.1. The molecule has 0 aliphatic heterocycles. The second kappa shape index (κ2) is 5.57. The van der Waals surface area contributed by atoms with Crippen LogP contribution in [0.5, 0.6) is 0 Å². The fourth-order valence-electron chi connectivity index (χ4n) is 1.79. The Bertz CT molecular complexity index is 522. The molecule has 104 valence electrons. The molecule has 2 aromatic rings. The Morgan fingerprint density at radius 2 is 2.16 bits per heavy atom. The molecule has 0 fully saturated rings. The van der Waals surface area contributed by atoms with E-state index in [0.717, 1.165) is 36.7 Å². The van der Waals surface area contributed by atoms with Crippen molar-refractivity contribution in [1.29, 1.82) is 0 Å². The van der Waals surface area contributed by atoms with Crippen molar-refractivity contribution in [3.05, 3.63) is 24.4 Å². The first kappa shape index (κ1) is 13.8. The minimum Gasteiger partial charge on any atom is -0.439 e. The first-order valence-corrected chi connectivity index (χ1v) is 6.64. The zero-order valence-electron chi connectivity index (χ0n) is 12.1. The van der Waals surface area contributed by atoms with Crippen molar-refractivity contribution in [1.82, 2.24) is 20.1 Å². The van der Waals surface area contributed by atoms with Crippen molar-refractivity contribution in [3.8, 4) is 11.5 Å². The highest BCUT2D eigenvalue weighted by Crippen LogP contribution is 2.18. The van der Waals surface area contributed by atoms with E-state index in [-0.39, 0.29) is 5.54 Å². The molecule has 1 N–H and O–H groups in total. The Balaban J connectivity index is 1.85. The minimum absolute atomic E-state index is 0.162. The number of hydrogen-bond donors (Lipinski definition) is 1. The highest BCUT2D eigenvalue weighted by molar-refractivity contribution is 5.49. The Morgan fingerprint density at radius 3 is 2.79 bits per heavy atom. The van der Waals surface area contributed by atoms with Crippen LogP contribution in [0.25, 0.3) is 11.5 Å². The van der Waals surface area contributed by atoms with Gasteiger partial charge in [-0.2, -0.15) is 5.10 Å². The van der Waals surface area contributed by atoms with Crippen molar-refractivity contribution in [2.24, 2.45) is 7.05 Å². The van der Waals surface area contributed by atoms with Gasteiger partial charge in [0.25, 0.3) is 0 Å². The Morgan fingerprint density at radius 1 is 1.37 bits per heavy atom. The molecule has 0 unspecified atom stereocenters. The molecule has 5 heteroatoms. The van der Waals surface area contributed by atoms with E-state index >= 15 is 0 Å². The molecule has 2 heterocycles. The molecule has 5 nitrogen and oxygen atoms in total. The maximum absolute atomic E-state index is 5.70. The maximum Gasteiger partial charge on any atom is 0.195 e. The van der Waals surface area contributed by atoms with Crippen molar-refractivity contribution >= 4 is 0 Å². The summed E-state index contributed by atoms with van der Waals surface area (Å²) >= 11 is 0. The van der Waals surface area contributed by atoms with Gasteiger partial charge in [-0.1, -0.05) is 0 Å². The van der Waals surface area contributed by atoms with E-state index in [1.807, 2.05) is 19.3 Å². The third kappa shape index (κ3) is 4.21. The van der Waals surface area contributed by atoms with Crippen molar-refractivity contribution in [3.63, 3.8) is 0 Å². The summed E-state index contributed by atoms with van der Waals surface area (Å²) < 4.78 is 7.46. The predicted octanol–water partition coefficient (Wildman–Crippen LogP) is 2.40. The molecule has 0 bridgehead atoms. The van der Waals surface area contributed by atoms with Gasteiger partial charge in [0.2, 0.25) is 0 Å². The summed E-state index contributed by atoms with van der Waals surface area (Å²) in [5, 5.41) is 7.74. The van der Waals surface area contributed by atoms with Gasteiger partial charge >= 0.3 is 0 Å². The van der Waals surface area contributed by atoms with Gasteiger partial charge in [0.15, 0.2) is 11.7 Å². The number of aryl methyl sites for hydroxylation is 2. The lowest BCUT2D eigenvalue weighted by atomic mass is 10.1. The Hall–Kier alpha value is -1.62. The first-order valence-electron chi connectivity index (χ1n) is 6.64. The third-order valence-corrected chi connectivity index (χ3v) is 2.74. The van der Waals surface area contributed by atoms with Crippen LogP contribution < -0.4 is 5.32 Å². The van der Waals surface area contributed by atoms with Gasteiger partial charge in [-0.25, -0.2) is 4.98 Å². The average Bonchev–Trinajstić information content (AvgIpc) is 2.92. The normalized spacial score (nSPS) is 12.0. The topological polar surface area (TPSA) is 55.9 Å². The number of hydrogen-bond acceptors (Lipinski definition) is 4. The Kier molecular flexibility index (Phi) is 4.04. The van der Waals surface area contributed by atoms with Gasteiger partial charge in [-0.15, -0.1) is 0 Å². The highest BCUT2D eigenvalue weighted by Gasteiger charge is 2.10. The molecule has 2 aromatic heterocycles. The number of nitrogens with one attached hydrogen (secondary N) is 1. The van der Waals surface area contributed by atoms with E-state index in [2.05, 4.69) is 36.2 Å². The number of nitrogens with zero attached hydrogens (tertiary/aromatic N) is 3. The van der Waals surface area contributed by atoms with Crippen LogP contribution >= 0.6 is 0 Å². The summed E-state index contributed by atoms with van der Waals surface area (Å²) in [7, 11) is 1.89. The summed E-state index contributed by atoms with van der Waals surface area (Å²) in [6, 6.07) is 1.92. The van der Waals surface area contributed by atoms with E-state index in [1.165, 1.54) is 0 Å². The monoisotopic (exact) mass is 262 g/mol. The standard InChI is InChI=1S/C14H22N4O/c1-14(2,3)16-8-5-6-13-15-10-12(19-13)11-7-9-18(4)17-11/h7,9-10,16H,5-6,8H2,1-4H3. The summed E-state index contributed by atoms with van der Waals surface area (Å²) in [5.41, 5.74) is 0.990. The minimum atomic E-state index is 0.162. The summed E-state index contributed by atoms with van der Waals surface area (Å²) in [6.45, 7) is 7.46. The second-order valence-electron chi connectivity index (χ2n) is 5.77. The van der Waals surface area contributed by atoms with Gasteiger partial charge in [0.1, 0.15) is 5.69 Å². The molecule has 0 saturated heterocycles. The lowest BCUT2D eigenvalue weighted by molar-refractivity contribution is 0.412. The molecule has 0 spiro atoms. The lowest BCUT2D eigenvalue weighted by Gasteiger charge is -2.19. The van der Waals surface area contributed by atoms with Crippen LogP contribution in [0.3, 0.4) is 0 Å². The van der Waals surface area contributed by atoms with E-state index in [1.54, 1.807) is 10.9 Å². The second-order valence-corrected chi connectivity index (χ2v) is 5.77. The number of aromatic nitrogens is 3. The van der Waals surface area contributed by atoms with E-state index in [0.29, 0.717) is 0 Å². The van der Waals surface area contributed by atoms with Gasteiger partial charge in [0, 0.05) is 25.2 Å². The summed E-state index contributed by atoms with van der Waals surface area (Å²) in [4.78, 5) is 4.29. The molecule has 0 atom stereocenters. The summed E-state index contributed by atoms with van der Waals surface area (Å²) in [5.74, 6) is 1.51. The number of rotatable bonds is 5. The Labute approximate surface area is 114 Å². The van der Waals surface area contributed by atoms with Gasteiger partial charge in [0.05, 0.1) is 6.20 Å². The van der Waals surface area contributed by atoms with Crippen LogP contribution in [0.4, 0.5) is 0 Å². The molecule has 0 aromatic carbocycles. The van der Waals surface area contributed by atoms with E-state index < -0.39 is 0 Å². The highest BCUT2D eigenvalue weighted by atomic mass is 16.4. The van der Waals surface area contributed by atoms with Gasteiger partial charge < -0.3 is 9.73 Å².